The van der Waals surface area contributed by atoms with Crippen LogP contribution in [0.5, 0.6) is 0 Å². The van der Waals surface area contributed by atoms with Crippen LogP contribution in [0.1, 0.15) is 36.9 Å². The molecule has 0 bridgehead atoms. The molecule has 2 N–H and O–H groups in total. The fourth-order valence-corrected chi connectivity index (χ4v) is 3.66. The van der Waals surface area contributed by atoms with Crippen LogP contribution in [0.3, 0.4) is 0 Å². The maximum absolute atomic E-state index is 6.30. The summed E-state index contributed by atoms with van der Waals surface area (Å²) in [7, 11) is 6.31. The fraction of sp³-hybridized carbons (Fsp3) is 0.786. The van der Waals surface area contributed by atoms with Crippen LogP contribution in [0, 0.1) is 5.41 Å². The maximum atomic E-state index is 6.30. The van der Waals surface area contributed by atoms with Crippen molar-refractivity contribution in [3.8, 4) is 0 Å². The van der Waals surface area contributed by atoms with Crippen molar-refractivity contribution in [3.05, 3.63) is 10.6 Å². The Morgan fingerprint density at radius 1 is 1.32 bits per heavy atom. The second-order valence-corrected chi connectivity index (χ2v) is 7.69. The quantitative estimate of drug-likeness (QED) is 0.919. The summed E-state index contributed by atoms with van der Waals surface area (Å²) in [5.41, 5.74) is 7.80. The summed E-state index contributed by atoms with van der Waals surface area (Å²) >= 11 is 1.78. The van der Waals surface area contributed by atoms with Crippen LogP contribution in [-0.4, -0.2) is 44.1 Å². The zero-order valence-corrected chi connectivity index (χ0v) is 13.5. The van der Waals surface area contributed by atoms with Crippen LogP contribution in [0.2, 0.25) is 0 Å². The van der Waals surface area contributed by atoms with Gasteiger partial charge in [-0.15, -0.1) is 11.3 Å². The first-order chi connectivity index (χ1) is 8.78. The van der Waals surface area contributed by atoms with Crippen molar-refractivity contribution >= 4 is 16.5 Å². The second-order valence-electron chi connectivity index (χ2n) is 6.68. The van der Waals surface area contributed by atoms with Gasteiger partial charge in [0.15, 0.2) is 5.13 Å². The van der Waals surface area contributed by atoms with E-state index in [1.165, 1.54) is 10.6 Å². The standard InChI is InChI=1S/C14H26N4S/c1-14(2)8-10(15)12-11(9-14)16-13(19-12)18(5)7-6-17(3)4/h10H,6-9,15H2,1-5H3. The van der Waals surface area contributed by atoms with Gasteiger partial charge in [0.2, 0.25) is 0 Å². The molecule has 0 amide bonds. The van der Waals surface area contributed by atoms with Gasteiger partial charge in [0.25, 0.3) is 0 Å². The molecule has 0 saturated heterocycles. The molecule has 0 radical (unpaired) electrons. The predicted octanol–water partition coefficient (Wildman–Crippen LogP) is 2.11. The van der Waals surface area contributed by atoms with E-state index < -0.39 is 0 Å². The minimum absolute atomic E-state index is 0.159. The molecule has 4 nitrogen and oxygen atoms in total. The normalized spacial score (nSPS) is 21.5. The molecule has 0 aromatic carbocycles. The molecule has 108 valence electrons. The Bertz CT molecular complexity index is 439. The highest BCUT2D eigenvalue weighted by molar-refractivity contribution is 7.15. The van der Waals surface area contributed by atoms with Crippen LogP contribution in [0.15, 0.2) is 0 Å². The number of aromatic nitrogens is 1. The second kappa shape index (κ2) is 5.38. The van der Waals surface area contributed by atoms with Gasteiger partial charge in [-0.2, -0.15) is 0 Å². The minimum Gasteiger partial charge on any atom is -0.350 e. The van der Waals surface area contributed by atoms with Crippen LogP contribution >= 0.6 is 11.3 Å². The summed E-state index contributed by atoms with van der Waals surface area (Å²) in [6.07, 6.45) is 2.11. The van der Waals surface area contributed by atoms with Gasteiger partial charge in [0.05, 0.1) is 5.69 Å². The molecule has 1 aromatic heterocycles. The highest BCUT2D eigenvalue weighted by Crippen LogP contribution is 2.43. The Labute approximate surface area is 120 Å². The zero-order valence-electron chi connectivity index (χ0n) is 12.7. The minimum atomic E-state index is 0.159. The lowest BCUT2D eigenvalue weighted by Crippen LogP contribution is -2.29. The lowest BCUT2D eigenvalue weighted by atomic mass is 9.77. The maximum Gasteiger partial charge on any atom is 0.185 e. The molecule has 2 rings (SSSR count). The third-order valence-corrected chi connectivity index (χ3v) is 5.02. The van der Waals surface area contributed by atoms with Crippen molar-refractivity contribution in [1.82, 2.24) is 9.88 Å². The number of anilines is 1. The number of fused-ring (bicyclic) bond motifs is 1. The van der Waals surface area contributed by atoms with Crippen molar-refractivity contribution in [1.29, 1.82) is 0 Å². The van der Waals surface area contributed by atoms with E-state index in [2.05, 4.69) is 44.8 Å². The lowest BCUT2D eigenvalue weighted by molar-refractivity contribution is 0.282. The number of thiazole rings is 1. The van der Waals surface area contributed by atoms with E-state index in [4.69, 9.17) is 10.7 Å². The van der Waals surface area contributed by atoms with E-state index >= 15 is 0 Å². The highest BCUT2D eigenvalue weighted by Gasteiger charge is 2.33. The molecule has 1 heterocycles. The van der Waals surface area contributed by atoms with Gasteiger partial charge < -0.3 is 15.5 Å². The van der Waals surface area contributed by atoms with E-state index in [0.29, 0.717) is 0 Å². The lowest BCUT2D eigenvalue weighted by Gasteiger charge is -2.32. The highest BCUT2D eigenvalue weighted by atomic mass is 32.1. The Morgan fingerprint density at radius 3 is 2.63 bits per heavy atom. The van der Waals surface area contributed by atoms with Crippen LogP contribution in [0.25, 0.3) is 0 Å². The Kier molecular flexibility index (Phi) is 4.18. The number of hydrogen-bond donors (Lipinski definition) is 1. The summed E-state index contributed by atoms with van der Waals surface area (Å²) in [4.78, 5) is 10.5. The third-order valence-electron chi connectivity index (χ3n) is 3.68. The molecule has 5 heteroatoms. The van der Waals surface area contributed by atoms with Crippen molar-refractivity contribution in [2.45, 2.75) is 32.7 Å². The van der Waals surface area contributed by atoms with Crippen LogP contribution in [-0.2, 0) is 6.42 Å². The SMILES string of the molecule is CN(C)CCN(C)c1nc2c(s1)C(N)CC(C)(C)C2. The summed E-state index contributed by atoms with van der Waals surface area (Å²) in [5.74, 6) is 0. The van der Waals surface area contributed by atoms with E-state index in [-0.39, 0.29) is 11.5 Å². The van der Waals surface area contributed by atoms with Crippen molar-refractivity contribution < 1.29 is 0 Å². The van der Waals surface area contributed by atoms with Gasteiger partial charge in [0.1, 0.15) is 0 Å². The zero-order chi connectivity index (χ0) is 14.2. The average Bonchev–Trinajstić information content (AvgIpc) is 2.68. The van der Waals surface area contributed by atoms with E-state index in [0.717, 1.165) is 31.1 Å². The van der Waals surface area contributed by atoms with Crippen molar-refractivity contribution in [3.63, 3.8) is 0 Å². The summed E-state index contributed by atoms with van der Waals surface area (Å²) < 4.78 is 0. The summed E-state index contributed by atoms with van der Waals surface area (Å²) in [5, 5.41) is 1.11. The molecular weight excluding hydrogens is 256 g/mol. The topological polar surface area (TPSA) is 45.4 Å². The first kappa shape index (κ1) is 14.8. The monoisotopic (exact) mass is 282 g/mol. The van der Waals surface area contributed by atoms with Crippen LogP contribution in [0.4, 0.5) is 5.13 Å². The Hall–Kier alpha value is -0.650. The molecule has 1 aromatic rings. The molecular formula is C14H26N4S. The smallest absolute Gasteiger partial charge is 0.185 e. The average molecular weight is 282 g/mol. The van der Waals surface area contributed by atoms with Crippen molar-refractivity contribution in [2.75, 3.05) is 39.1 Å². The summed E-state index contributed by atoms with van der Waals surface area (Å²) in [6, 6.07) is 0.159. The van der Waals surface area contributed by atoms with Gasteiger partial charge in [-0.05, 0) is 32.4 Å². The number of rotatable bonds is 4. The molecule has 19 heavy (non-hydrogen) atoms. The fourth-order valence-electron chi connectivity index (χ4n) is 2.59. The van der Waals surface area contributed by atoms with Gasteiger partial charge in [0, 0.05) is 31.1 Å². The van der Waals surface area contributed by atoms with Crippen LogP contribution < -0.4 is 10.6 Å². The third kappa shape index (κ3) is 3.46. The molecule has 0 saturated carbocycles. The molecule has 1 aliphatic rings. The van der Waals surface area contributed by atoms with Gasteiger partial charge in [-0.25, -0.2) is 4.98 Å². The molecule has 1 atom stereocenters. The number of hydrogen-bond acceptors (Lipinski definition) is 5. The van der Waals surface area contributed by atoms with Crippen molar-refractivity contribution in [2.24, 2.45) is 11.1 Å². The Morgan fingerprint density at radius 2 is 2.00 bits per heavy atom. The van der Waals surface area contributed by atoms with Gasteiger partial charge in [-0.3, -0.25) is 0 Å². The molecule has 0 fully saturated rings. The number of nitrogens with zero attached hydrogens (tertiary/aromatic N) is 3. The largest absolute Gasteiger partial charge is 0.350 e. The molecule has 0 spiro atoms. The van der Waals surface area contributed by atoms with Gasteiger partial charge in [-0.1, -0.05) is 13.8 Å². The Balaban J connectivity index is 2.14. The predicted molar refractivity (Wildman–Crippen MR) is 83.0 cm³/mol. The van der Waals surface area contributed by atoms with E-state index in [9.17, 15) is 0 Å². The first-order valence-corrected chi connectivity index (χ1v) is 7.71. The number of nitrogens with two attached hydrogens (primary N) is 1. The summed E-state index contributed by atoms with van der Waals surface area (Å²) in [6.45, 7) is 6.60. The van der Waals surface area contributed by atoms with E-state index in [1.807, 2.05) is 0 Å². The molecule has 1 unspecified atom stereocenters. The van der Waals surface area contributed by atoms with E-state index in [1.54, 1.807) is 11.3 Å². The molecule has 0 aliphatic heterocycles. The molecule has 1 aliphatic carbocycles. The first-order valence-electron chi connectivity index (χ1n) is 6.89. The van der Waals surface area contributed by atoms with Gasteiger partial charge >= 0.3 is 0 Å². The number of likely N-dealkylation sites (N-methyl/N-ethyl adjacent to an activating group) is 2.